The molecule has 0 saturated heterocycles. The molecule has 0 radical (unpaired) electrons. The standard InChI is InChI=1S/C15H8Br2ClNO2/c16-8-1-2-9(11(17)5-8)15(21)10-3-7-4-14(20)19-13(7)6-12(10)18/h1-3,5-6H,4H2,(H,19,20). The molecule has 1 heterocycles. The van der Waals surface area contributed by atoms with Crippen molar-refractivity contribution in [2.24, 2.45) is 0 Å². The molecule has 0 fully saturated rings. The van der Waals surface area contributed by atoms with Gasteiger partial charge in [0.1, 0.15) is 0 Å². The van der Waals surface area contributed by atoms with E-state index in [0.717, 1.165) is 10.0 Å². The Morgan fingerprint density at radius 1 is 1.14 bits per heavy atom. The summed E-state index contributed by atoms with van der Waals surface area (Å²) in [7, 11) is 0. The first-order valence-electron chi connectivity index (χ1n) is 6.08. The third-order valence-electron chi connectivity index (χ3n) is 3.24. The summed E-state index contributed by atoms with van der Waals surface area (Å²) in [5.74, 6) is -0.267. The lowest BCUT2D eigenvalue weighted by atomic mass is 10.00. The van der Waals surface area contributed by atoms with E-state index in [1.54, 1.807) is 30.3 Å². The molecule has 1 N–H and O–H groups in total. The summed E-state index contributed by atoms with van der Waals surface area (Å²) in [5, 5.41) is 3.04. The number of hydrogen-bond acceptors (Lipinski definition) is 2. The smallest absolute Gasteiger partial charge is 0.228 e. The highest BCUT2D eigenvalue weighted by atomic mass is 79.9. The molecule has 3 nitrogen and oxygen atoms in total. The molecule has 1 aliphatic heterocycles. The predicted molar refractivity (Wildman–Crippen MR) is 89.1 cm³/mol. The van der Waals surface area contributed by atoms with Gasteiger partial charge in [-0.2, -0.15) is 0 Å². The van der Waals surface area contributed by atoms with Gasteiger partial charge in [0.2, 0.25) is 5.91 Å². The second-order valence-corrected chi connectivity index (χ2v) is 6.84. The minimum absolute atomic E-state index is 0.0875. The number of rotatable bonds is 2. The lowest BCUT2D eigenvalue weighted by molar-refractivity contribution is -0.115. The van der Waals surface area contributed by atoms with Gasteiger partial charge in [0.15, 0.2) is 5.78 Å². The topological polar surface area (TPSA) is 46.2 Å². The van der Waals surface area contributed by atoms with Crippen LogP contribution in [0.5, 0.6) is 0 Å². The van der Waals surface area contributed by atoms with Crippen LogP contribution < -0.4 is 5.32 Å². The fraction of sp³-hybridized carbons (Fsp3) is 0.0667. The van der Waals surface area contributed by atoms with E-state index in [9.17, 15) is 9.59 Å². The average Bonchev–Trinajstić information content (AvgIpc) is 2.76. The van der Waals surface area contributed by atoms with E-state index in [4.69, 9.17) is 11.6 Å². The molecule has 1 amide bonds. The summed E-state index contributed by atoms with van der Waals surface area (Å²) in [6, 6.07) is 8.64. The van der Waals surface area contributed by atoms with Crippen LogP contribution in [0.3, 0.4) is 0 Å². The number of carbonyl (C=O) groups excluding carboxylic acids is 2. The summed E-state index contributed by atoms with van der Waals surface area (Å²) in [6.07, 6.45) is 0.272. The summed E-state index contributed by atoms with van der Waals surface area (Å²) < 4.78 is 1.56. The highest BCUT2D eigenvalue weighted by molar-refractivity contribution is 9.11. The van der Waals surface area contributed by atoms with E-state index in [1.165, 1.54) is 0 Å². The van der Waals surface area contributed by atoms with Gasteiger partial charge in [-0.1, -0.05) is 27.5 Å². The van der Waals surface area contributed by atoms with Gasteiger partial charge in [0, 0.05) is 25.8 Å². The van der Waals surface area contributed by atoms with Gasteiger partial charge in [0.05, 0.1) is 11.4 Å². The molecule has 0 spiro atoms. The molecule has 2 aromatic carbocycles. The Morgan fingerprint density at radius 2 is 1.90 bits per heavy atom. The highest BCUT2D eigenvalue weighted by Crippen LogP contribution is 2.32. The molecule has 0 saturated carbocycles. The fourth-order valence-corrected chi connectivity index (χ4v) is 3.72. The van der Waals surface area contributed by atoms with Gasteiger partial charge in [-0.15, -0.1) is 0 Å². The van der Waals surface area contributed by atoms with E-state index >= 15 is 0 Å². The number of amides is 1. The first-order chi connectivity index (χ1) is 9.95. The number of fused-ring (bicyclic) bond motifs is 1. The van der Waals surface area contributed by atoms with Crippen LogP contribution in [0, 0.1) is 0 Å². The third-order valence-corrected chi connectivity index (χ3v) is 4.70. The van der Waals surface area contributed by atoms with Crippen molar-refractivity contribution < 1.29 is 9.59 Å². The third kappa shape index (κ3) is 2.78. The molecule has 0 unspecified atom stereocenters. The van der Waals surface area contributed by atoms with Crippen molar-refractivity contribution >= 4 is 60.8 Å². The quantitative estimate of drug-likeness (QED) is 0.710. The van der Waals surface area contributed by atoms with Gasteiger partial charge < -0.3 is 5.32 Å². The van der Waals surface area contributed by atoms with Gasteiger partial charge in [-0.05, 0) is 51.8 Å². The first kappa shape index (κ1) is 14.8. The summed E-state index contributed by atoms with van der Waals surface area (Å²) in [4.78, 5) is 24.0. The highest BCUT2D eigenvalue weighted by Gasteiger charge is 2.23. The largest absolute Gasteiger partial charge is 0.325 e. The van der Waals surface area contributed by atoms with Crippen LogP contribution in [0.4, 0.5) is 5.69 Å². The van der Waals surface area contributed by atoms with Crippen LogP contribution in [0.15, 0.2) is 39.3 Å². The van der Waals surface area contributed by atoms with Crippen LogP contribution >= 0.6 is 43.5 Å². The minimum Gasteiger partial charge on any atom is -0.325 e. The second kappa shape index (κ2) is 5.55. The number of nitrogens with one attached hydrogen (secondary N) is 1. The van der Waals surface area contributed by atoms with Crippen LogP contribution in [-0.2, 0) is 11.2 Å². The monoisotopic (exact) mass is 427 g/mol. The molecule has 106 valence electrons. The van der Waals surface area contributed by atoms with Crippen molar-refractivity contribution in [3.63, 3.8) is 0 Å². The Balaban J connectivity index is 2.06. The molecule has 0 bridgehead atoms. The molecule has 21 heavy (non-hydrogen) atoms. The van der Waals surface area contributed by atoms with E-state index in [1.807, 2.05) is 0 Å². The second-order valence-electron chi connectivity index (χ2n) is 4.67. The van der Waals surface area contributed by atoms with Crippen molar-refractivity contribution in [3.8, 4) is 0 Å². The van der Waals surface area contributed by atoms with E-state index in [2.05, 4.69) is 37.2 Å². The number of halogens is 3. The van der Waals surface area contributed by atoms with Crippen molar-refractivity contribution in [3.05, 3.63) is 61.0 Å². The zero-order chi connectivity index (χ0) is 15.1. The maximum absolute atomic E-state index is 12.6. The van der Waals surface area contributed by atoms with E-state index in [0.29, 0.717) is 26.3 Å². The molecule has 2 aromatic rings. The summed E-state index contributed by atoms with van der Waals surface area (Å²) in [5.41, 5.74) is 2.39. The zero-order valence-corrected chi connectivity index (χ0v) is 14.5. The minimum atomic E-state index is -0.179. The Bertz CT molecular complexity index is 789. The number of ketones is 1. The van der Waals surface area contributed by atoms with Crippen LogP contribution in [0.1, 0.15) is 21.5 Å². The molecular weight excluding hydrogens is 421 g/mol. The summed E-state index contributed by atoms with van der Waals surface area (Å²) >= 11 is 12.9. The number of carbonyl (C=O) groups is 2. The van der Waals surface area contributed by atoms with Gasteiger partial charge in [-0.3, -0.25) is 9.59 Å². The van der Waals surface area contributed by atoms with Crippen molar-refractivity contribution in [1.29, 1.82) is 0 Å². The van der Waals surface area contributed by atoms with Crippen LogP contribution in [0.25, 0.3) is 0 Å². The first-order valence-corrected chi connectivity index (χ1v) is 8.04. The number of benzene rings is 2. The van der Waals surface area contributed by atoms with Crippen molar-refractivity contribution in [2.75, 3.05) is 5.32 Å². The Morgan fingerprint density at radius 3 is 2.62 bits per heavy atom. The lowest BCUT2D eigenvalue weighted by Gasteiger charge is -2.08. The molecule has 1 aliphatic rings. The number of hydrogen-bond donors (Lipinski definition) is 1. The van der Waals surface area contributed by atoms with Crippen molar-refractivity contribution in [1.82, 2.24) is 0 Å². The maximum Gasteiger partial charge on any atom is 0.228 e. The van der Waals surface area contributed by atoms with Gasteiger partial charge in [-0.25, -0.2) is 0 Å². The SMILES string of the molecule is O=C1Cc2cc(C(=O)c3ccc(Br)cc3Br)c(Cl)cc2N1. The maximum atomic E-state index is 12.6. The molecule has 0 aromatic heterocycles. The van der Waals surface area contributed by atoms with E-state index < -0.39 is 0 Å². The van der Waals surface area contributed by atoms with Gasteiger partial charge >= 0.3 is 0 Å². The average molecular weight is 429 g/mol. The Kier molecular flexibility index (Phi) is 3.90. The molecule has 0 aliphatic carbocycles. The van der Waals surface area contributed by atoms with Crippen LogP contribution in [0.2, 0.25) is 5.02 Å². The Labute approximate surface area is 142 Å². The van der Waals surface area contributed by atoms with Crippen LogP contribution in [-0.4, -0.2) is 11.7 Å². The Hall–Kier alpha value is -1.17. The molecule has 3 rings (SSSR count). The fourth-order valence-electron chi connectivity index (χ4n) is 2.24. The predicted octanol–water partition coefficient (Wildman–Crippen LogP) is 4.59. The van der Waals surface area contributed by atoms with Gasteiger partial charge in [0.25, 0.3) is 0 Å². The number of anilines is 1. The molecule has 0 atom stereocenters. The normalized spacial score (nSPS) is 13.0. The zero-order valence-electron chi connectivity index (χ0n) is 10.5. The molecule has 6 heteroatoms. The summed E-state index contributed by atoms with van der Waals surface area (Å²) in [6.45, 7) is 0. The van der Waals surface area contributed by atoms with E-state index in [-0.39, 0.29) is 18.1 Å². The lowest BCUT2D eigenvalue weighted by Crippen LogP contribution is -2.04. The van der Waals surface area contributed by atoms with Crippen molar-refractivity contribution in [2.45, 2.75) is 6.42 Å². The molecular formula is C15H8Br2ClNO2.